The van der Waals surface area contributed by atoms with Crippen molar-refractivity contribution in [3.05, 3.63) is 65.8 Å². The molecule has 26 heavy (non-hydrogen) atoms. The van der Waals surface area contributed by atoms with E-state index in [1.54, 1.807) is 18.5 Å². The van der Waals surface area contributed by atoms with E-state index in [9.17, 15) is 4.79 Å². The average Bonchev–Trinajstić information content (AvgIpc) is 3.31. The van der Waals surface area contributed by atoms with E-state index in [4.69, 9.17) is 0 Å². The third-order valence-electron chi connectivity index (χ3n) is 4.85. The summed E-state index contributed by atoms with van der Waals surface area (Å²) in [6.07, 6.45) is 9.47. The summed E-state index contributed by atoms with van der Waals surface area (Å²) in [5.74, 6) is 1.27. The highest BCUT2D eigenvalue weighted by Crippen LogP contribution is 2.27. The SMILES string of the molecule is Cc1cc(C(=O)N2CCC[C@@H](c3nccn3Cc3ccncc3)C2)n[nH]1. The van der Waals surface area contributed by atoms with Gasteiger partial charge in [-0.15, -0.1) is 0 Å². The van der Waals surface area contributed by atoms with Gasteiger partial charge in [-0.2, -0.15) is 5.10 Å². The number of pyridine rings is 1. The molecule has 1 fully saturated rings. The monoisotopic (exact) mass is 350 g/mol. The van der Waals surface area contributed by atoms with Gasteiger partial charge >= 0.3 is 0 Å². The van der Waals surface area contributed by atoms with Crippen molar-refractivity contribution >= 4 is 5.91 Å². The van der Waals surface area contributed by atoms with E-state index in [0.29, 0.717) is 12.2 Å². The second-order valence-electron chi connectivity index (χ2n) is 6.80. The number of imidazole rings is 1. The zero-order valence-corrected chi connectivity index (χ0v) is 14.8. The van der Waals surface area contributed by atoms with Crippen molar-refractivity contribution in [2.45, 2.75) is 32.2 Å². The fourth-order valence-corrected chi connectivity index (χ4v) is 3.56. The third kappa shape index (κ3) is 3.37. The summed E-state index contributed by atoms with van der Waals surface area (Å²) in [5, 5.41) is 6.95. The molecule has 4 heterocycles. The van der Waals surface area contributed by atoms with E-state index in [1.165, 1.54) is 5.56 Å². The van der Waals surface area contributed by atoms with E-state index < -0.39 is 0 Å². The quantitative estimate of drug-likeness (QED) is 0.783. The van der Waals surface area contributed by atoms with Crippen LogP contribution in [0, 0.1) is 6.92 Å². The number of piperidine rings is 1. The highest BCUT2D eigenvalue weighted by atomic mass is 16.2. The number of amides is 1. The standard InChI is InChI=1S/C19H22N6O/c1-14-11-17(23-22-14)19(26)25-9-2-3-16(13-25)18-21-8-10-24(18)12-15-4-6-20-7-5-15/h4-8,10-11,16H,2-3,9,12-13H2,1H3,(H,22,23)/t16-/m1/s1. The molecule has 1 aliphatic heterocycles. The van der Waals surface area contributed by atoms with Gasteiger partial charge in [0.25, 0.3) is 5.91 Å². The maximum atomic E-state index is 12.7. The largest absolute Gasteiger partial charge is 0.337 e. The number of nitrogens with zero attached hydrogens (tertiary/aromatic N) is 5. The minimum Gasteiger partial charge on any atom is -0.337 e. The Bertz CT molecular complexity index is 884. The Morgan fingerprint density at radius 2 is 2.15 bits per heavy atom. The van der Waals surface area contributed by atoms with Gasteiger partial charge in [0.1, 0.15) is 11.5 Å². The molecular weight excluding hydrogens is 328 g/mol. The lowest BCUT2D eigenvalue weighted by Gasteiger charge is -2.32. The Morgan fingerprint density at radius 1 is 1.31 bits per heavy atom. The summed E-state index contributed by atoms with van der Waals surface area (Å²) in [4.78, 5) is 23.3. The number of carbonyl (C=O) groups is 1. The van der Waals surface area contributed by atoms with Crippen LogP contribution in [0.15, 0.2) is 43.0 Å². The summed E-state index contributed by atoms with van der Waals surface area (Å²) in [6.45, 7) is 4.12. The lowest BCUT2D eigenvalue weighted by Crippen LogP contribution is -2.40. The molecule has 1 aliphatic rings. The number of likely N-dealkylation sites (tertiary alicyclic amines) is 1. The number of aromatic nitrogens is 5. The molecule has 1 atom stereocenters. The molecule has 0 bridgehead atoms. The van der Waals surface area contributed by atoms with Crippen molar-refractivity contribution in [3.8, 4) is 0 Å². The van der Waals surface area contributed by atoms with Crippen LogP contribution in [0.1, 0.15) is 46.3 Å². The van der Waals surface area contributed by atoms with Crippen LogP contribution in [-0.2, 0) is 6.54 Å². The molecule has 1 amide bonds. The molecule has 134 valence electrons. The highest BCUT2D eigenvalue weighted by Gasteiger charge is 2.28. The number of carbonyl (C=O) groups excluding carboxylic acids is 1. The van der Waals surface area contributed by atoms with Crippen LogP contribution in [0.2, 0.25) is 0 Å². The summed E-state index contributed by atoms with van der Waals surface area (Å²) >= 11 is 0. The van der Waals surface area contributed by atoms with Crippen LogP contribution < -0.4 is 0 Å². The third-order valence-corrected chi connectivity index (χ3v) is 4.85. The molecular formula is C19H22N6O. The van der Waals surface area contributed by atoms with Crippen LogP contribution in [0.3, 0.4) is 0 Å². The number of nitrogens with one attached hydrogen (secondary N) is 1. The van der Waals surface area contributed by atoms with Gasteiger partial charge in [0.15, 0.2) is 0 Å². The first-order valence-electron chi connectivity index (χ1n) is 8.92. The fraction of sp³-hybridized carbons (Fsp3) is 0.368. The smallest absolute Gasteiger partial charge is 0.274 e. The van der Waals surface area contributed by atoms with Crippen molar-refractivity contribution in [1.82, 2.24) is 29.6 Å². The molecule has 7 nitrogen and oxygen atoms in total. The van der Waals surface area contributed by atoms with Crippen LogP contribution in [0.25, 0.3) is 0 Å². The summed E-state index contributed by atoms with van der Waals surface area (Å²) in [7, 11) is 0. The molecule has 0 aromatic carbocycles. The van der Waals surface area contributed by atoms with Gasteiger partial charge in [0, 0.05) is 56.0 Å². The van der Waals surface area contributed by atoms with Gasteiger partial charge in [-0.25, -0.2) is 4.98 Å². The molecule has 0 aliphatic carbocycles. The van der Waals surface area contributed by atoms with E-state index in [0.717, 1.165) is 37.4 Å². The van der Waals surface area contributed by atoms with Crippen molar-refractivity contribution < 1.29 is 4.79 Å². The highest BCUT2D eigenvalue weighted by molar-refractivity contribution is 5.92. The molecule has 0 unspecified atom stereocenters. The molecule has 3 aromatic rings. The number of aromatic amines is 1. The normalized spacial score (nSPS) is 17.4. The van der Waals surface area contributed by atoms with Crippen molar-refractivity contribution in [1.29, 1.82) is 0 Å². The summed E-state index contributed by atoms with van der Waals surface area (Å²) in [6, 6.07) is 5.83. The Labute approximate surface area is 152 Å². The van der Waals surface area contributed by atoms with Gasteiger partial charge in [0.2, 0.25) is 0 Å². The maximum Gasteiger partial charge on any atom is 0.274 e. The van der Waals surface area contributed by atoms with E-state index in [1.807, 2.05) is 36.4 Å². The second-order valence-corrected chi connectivity index (χ2v) is 6.80. The average molecular weight is 350 g/mol. The minimum atomic E-state index is -0.00806. The van der Waals surface area contributed by atoms with Gasteiger partial charge in [-0.3, -0.25) is 14.9 Å². The Morgan fingerprint density at radius 3 is 2.92 bits per heavy atom. The van der Waals surface area contributed by atoms with Crippen LogP contribution >= 0.6 is 0 Å². The summed E-state index contributed by atoms with van der Waals surface area (Å²) < 4.78 is 2.17. The van der Waals surface area contributed by atoms with Crippen LogP contribution in [0.5, 0.6) is 0 Å². The molecule has 3 aromatic heterocycles. The van der Waals surface area contributed by atoms with Crippen molar-refractivity contribution in [3.63, 3.8) is 0 Å². The van der Waals surface area contributed by atoms with E-state index in [2.05, 4.69) is 24.7 Å². The molecule has 0 radical (unpaired) electrons. The molecule has 0 spiro atoms. The van der Waals surface area contributed by atoms with E-state index in [-0.39, 0.29) is 11.8 Å². The zero-order valence-electron chi connectivity index (χ0n) is 14.8. The predicted octanol–water partition coefficient (Wildman–Crippen LogP) is 2.38. The topological polar surface area (TPSA) is 79.7 Å². The van der Waals surface area contributed by atoms with Gasteiger partial charge in [0.05, 0.1) is 0 Å². The van der Waals surface area contributed by atoms with Crippen molar-refractivity contribution in [2.75, 3.05) is 13.1 Å². The molecule has 7 heteroatoms. The lowest BCUT2D eigenvalue weighted by atomic mass is 9.96. The molecule has 1 saturated heterocycles. The first-order valence-corrected chi connectivity index (χ1v) is 8.92. The first-order chi connectivity index (χ1) is 12.7. The maximum absolute atomic E-state index is 12.7. The fourth-order valence-electron chi connectivity index (χ4n) is 3.56. The number of H-pyrrole nitrogens is 1. The zero-order chi connectivity index (χ0) is 17.9. The second kappa shape index (κ2) is 7.11. The van der Waals surface area contributed by atoms with Gasteiger partial charge in [-0.1, -0.05) is 0 Å². The number of hydrogen-bond acceptors (Lipinski definition) is 4. The lowest BCUT2D eigenvalue weighted by molar-refractivity contribution is 0.0697. The Hall–Kier alpha value is -2.96. The summed E-state index contributed by atoms with van der Waals surface area (Å²) in [5.41, 5.74) is 2.58. The molecule has 0 saturated carbocycles. The first kappa shape index (κ1) is 16.5. The number of rotatable bonds is 4. The molecule has 4 rings (SSSR count). The number of hydrogen-bond donors (Lipinski definition) is 1. The Balaban J connectivity index is 1.50. The predicted molar refractivity (Wildman–Crippen MR) is 96.8 cm³/mol. The Kier molecular flexibility index (Phi) is 4.51. The van der Waals surface area contributed by atoms with E-state index >= 15 is 0 Å². The van der Waals surface area contributed by atoms with Crippen LogP contribution in [-0.4, -0.2) is 48.6 Å². The van der Waals surface area contributed by atoms with Gasteiger partial charge < -0.3 is 9.47 Å². The minimum absolute atomic E-state index is 0.00806. The van der Waals surface area contributed by atoms with Crippen LogP contribution in [0.4, 0.5) is 0 Å². The molecule has 1 N–H and O–H groups in total. The van der Waals surface area contributed by atoms with Gasteiger partial charge in [-0.05, 0) is 43.5 Å². The van der Waals surface area contributed by atoms with Crippen molar-refractivity contribution in [2.24, 2.45) is 0 Å². The number of aryl methyl sites for hydroxylation is 1.